The van der Waals surface area contributed by atoms with E-state index in [0.29, 0.717) is 0 Å². The molecule has 0 aromatic rings. The van der Waals surface area contributed by atoms with Gasteiger partial charge in [0.05, 0.1) is 6.04 Å². The van der Waals surface area contributed by atoms with E-state index in [1.165, 1.54) is 11.9 Å². The van der Waals surface area contributed by atoms with E-state index in [1.54, 1.807) is 4.41 Å². The van der Waals surface area contributed by atoms with Crippen LogP contribution in [0.15, 0.2) is 0 Å². The fraction of sp³-hybridized carbons (Fsp3) is 0.875. The molecular weight excluding hydrogens is 200 g/mol. The Morgan fingerprint density at radius 3 is 2.50 bits per heavy atom. The number of nitrogens with two attached hydrogens (primary N) is 1. The molecular formula is C8H18N4OS. The molecule has 1 saturated heterocycles. The van der Waals surface area contributed by atoms with Crippen molar-refractivity contribution in [2.24, 2.45) is 11.1 Å². The minimum Gasteiger partial charge on any atom is -0.308 e. The normalized spacial score (nSPS) is 30.8. The maximum atomic E-state index is 11.9. The number of hydrogen-bond donors (Lipinski definition) is 3. The summed E-state index contributed by atoms with van der Waals surface area (Å²) in [5.41, 5.74) is 11.5. The van der Waals surface area contributed by atoms with Gasteiger partial charge in [0.2, 0.25) is 0 Å². The standard InChI is InChI=1S/C8H18N4OS/c1-8(2,3)6-5(13)7(9)12(14-4)11-10-6/h6-7,10-11H,9H2,1-4H3. The molecule has 0 radical (unpaired) electrons. The predicted molar refractivity (Wildman–Crippen MR) is 57.9 cm³/mol. The molecule has 6 heteroatoms. The van der Waals surface area contributed by atoms with Gasteiger partial charge in [-0.1, -0.05) is 32.7 Å². The van der Waals surface area contributed by atoms with Crippen molar-refractivity contribution in [1.82, 2.24) is 15.4 Å². The van der Waals surface area contributed by atoms with Gasteiger partial charge in [-0.2, -0.15) is 5.53 Å². The largest absolute Gasteiger partial charge is 0.308 e. The summed E-state index contributed by atoms with van der Waals surface area (Å²) >= 11 is 1.38. The minimum absolute atomic E-state index is 0.0191. The molecule has 1 aliphatic heterocycles. The fourth-order valence-electron chi connectivity index (χ4n) is 1.36. The quantitative estimate of drug-likeness (QED) is 0.532. The van der Waals surface area contributed by atoms with Gasteiger partial charge >= 0.3 is 0 Å². The lowest BCUT2D eigenvalue weighted by Gasteiger charge is -2.40. The van der Waals surface area contributed by atoms with Gasteiger partial charge in [-0.05, 0) is 11.7 Å². The van der Waals surface area contributed by atoms with E-state index in [9.17, 15) is 4.79 Å². The van der Waals surface area contributed by atoms with Crippen LogP contribution in [0.4, 0.5) is 0 Å². The molecule has 1 rings (SSSR count). The lowest BCUT2D eigenvalue weighted by molar-refractivity contribution is -0.133. The van der Waals surface area contributed by atoms with Crippen LogP contribution in [0.3, 0.4) is 0 Å². The second-order valence-corrected chi connectivity index (χ2v) is 5.17. The van der Waals surface area contributed by atoms with Gasteiger partial charge in [-0.25, -0.2) is 5.43 Å². The van der Waals surface area contributed by atoms with Crippen molar-refractivity contribution >= 4 is 17.7 Å². The number of hydrazine groups is 2. The molecule has 2 atom stereocenters. The molecule has 0 aliphatic carbocycles. The number of nitrogens with one attached hydrogen (secondary N) is 2. The first kappa shape index (κ1) is 11.9. The monoisotopic (exact) mass is 218 g/mol. The van der Waals surface area contributed by atoms with Crippen molar-refractivity contribution in [3.05, 3.63) is 0 Å². The van der Waals surface area contributed by atoms with E-state index in [1.807, 2.05) is 27.0 Å². The third-order valence-corrected chi connectivity index (χ3v) is 2.92. The number of Topliss-reactive ketones (excluding diaryl/α,β-unsaturated/α-hetero) is 1. The Hall–Kier alpha value is -0.140. The molecule has 2 unspecified atom stereocenters. The molecule has 5 nitrogen and oxygen atoms in total. The summed E-state index contributed by atoms with van der Waals surface area (Å²) in [6, 6.07) is -0.249. The zero-order chi connectivity index (χ0) is 10.9. The molecule has 1 heterocycles. The van der Waals surface area contributed by atoms with Gasteiger partial charge < -0.3 is 5.73 Å². The average Bonchev–Trinajstić information content (AvgIpc) is 2.07. The average molecular weight is 218 g/mol. The fourth-order valence-corrected chi connectivity index (χ4v) is 1.83. The highest BCUT2D eigenvalue weighted by Gasteiger charge is 2.40. The number of rotatable bonds is 1. The molecule has 0 aromatic carbocycles. The number of nitrogens with zero attached hydrogens (tertiary/aromatic N) is 1. The molecule has 0 aromatic heterocycles. The topological polar surface area (TPSA) is 70.4 Å². The van der Waals surface area contributed by atoms with Crippen molar-refractivity contribution < 1.29 is 4.79 Å². The molecule has 0 saturated carbocycles. The van der Waals surface area contributed by atoms with Gasteiger partial charge in [-0.15, -0.1) is 4.41 Å². The molecule has 4 N–H and O–H groups in total. The van der Waals surface area contributed by atoms with Crippen LogP contribution in [-0.4, -0.2) is 28.7 Å². The third kappa shape index (κ3) is 2.26. The van der Waals surface area contributed by atoms with Crippen LogP contribution < -0.4 is 16.7 Å². The summed E-state index contributed by atoms with van der Waals surface area (Å²) in [6.07, 6.45) is 1.27. The number of carbonyl (C=O) groups is 1. The van der Waals surface area contributed by atoms with E-state index in [0.717, 1.165) is 0 Å². The minimum atomic E-state index is -0.588. The van der Waals surface area contributed by atoms with Crippen molar-refractivity contribution in [3.8, 4) is 0 Å². The first-order valence-corrected chi connectivity index (χ1v) is 5.70. The van der Waals surface area contributed by atoms with Crippen molar-refractivity contribution in [1.29, 1.82) is 0 Å². The van der Waals surface area contributed by atoms with Gasteiger partial charge in [0, 0.05) is 0 Å². The van der Waals surface area contributed by atoms with Crippen molar-refractivity contribution in [2.45, 2.75) is 33.0 Å². The van der Waals surface area contributed by atoms with Crippen LogP contribution in [-0.2, 0) is 4.79 Å². The summed E-state index contributed by atoms with van der Waals surface area (Å²) in [4.78, 5) is 11.9. The maximum absolute atomic E-state index is 11.9. The predicted octanol–water partition coefficient (Wildman–Crippen LogP) is -0.142. The third-order valence-electron chi connectivity index (χ3n) is 2.21. The first-order chi connectivity index (χ1) is 6.38. The Balaban J connectivity index is 2.74. The van der Waals surface area contributed by atoms with Crippen LogP contribution in [0, 0.1) is 5.41 Å². The second kappa shape index (κ2) is 4.16. The van der Waals surface area contributed by atoms with Crippen molar-refractivity contribution in [3.63, 3.8) is 0 Å². The van der Waals surface area contributed by atoms with Gasteiger partial charge in [-0.3, -0.25) is 4.79 Å². The summed E-state index contributed by atoms with van der Waals surface area (Å²) in [5, 5.41) is 0. The Kier molecular flexibility index (Phi) is 3.54. The highest BCUT2D eigenvalue weighted by atomic mass is 32.2. The number of carbonyl (C=O) groups excluding carboxylic acids is 1. The van der Waals surface area contributed by atoms with Crippen molar-refractivity contribution in [2.75, 3.05) is 6.26 Å². The maximum Gasteiger partial charge on any atom is 0.185 e. The number of ketones is 1. The van der Waals surface area contributed by atoms with E-state index in [2.05, 4.69) is 11.0 Å². The number of hydrogen-bond acceptors (Lipinski definition) is 6. The molecule has 14 heavy (non-hydrogen) atoms. The van der Waals surface area contributed by atoms with Gasteiger partial charge in [0.1, 0.15) is 6.17 Å². The Bertz CT molecular complexity index is 228. The van der Waals surface area contributed by atoms with E-state index >= 15 is 0 Å². The molecule has 82 valence electrons. The highest BCUT2D eigenvalue weighted by molar-refractivity contribution is 7.96. The molecule has 0 bridgehead atoms. The Morgan fingerprint density at radius 1 is 1.50 bits per heavy atom. The molecule has 0 amide bonds. The SMILES string of the molecule is CSN1NNC(C(C)(C)C)C(=O)C1N. The molecule has 1 aliphatic rings. The van der Waals surface area contributed by atoms with E-state index in [-0.39, 0.29) is 17.2 Å². The van der Waals surface area contributed by atoms with Crippen LogP contribution in [0.5, 0.6) is 0 Å². The van der Waals surface area contributed by atoms with Crippen LogP contribution in [0.25, 0.3) is 0 Å². The zero-order valence-electron chi connectivity index (χ0n) is 9.00. The first-order valence-electron chi connectivity index (χ1n) is 4.51. The van der Waals surface area contributed by atoms with Gasteiger partial charge in [0.25, 0.3) is 0 Å². The van der Waals surface area contributed by atoms with Gasteiger partial charge in [0.15, 0.2) is 5.78 Å². The highest BCUT2D eigenvalue weighted by Crippen LogP contribution is 2.23. The summed E-state index contributed by atoms with van der Waals surface area (Å²) in [5.74, 6) is 0.0191. The van der Waals surface area contributed by atoms with Crippen LogP contribution in [0.1, 0.15) is 20.8 Å². The lowest BCUT2D eigenvalue weighted by Crippen LogP contribution is -2.70. The van der Waals surface area contributed by atoms with Crippen LogP contribution >= 0.6 is 11.9 Å². The molecule has 0 spiro atoms. The van der Waals surface area contributed by atoms with E-state index in [4.69, 9.17) is 5.73 Å². The Labute approximate surface area is 88.8 Å². The lowest BCUT2D eigenvalue weighted by atomic mass is 9.83. The smallest absolute Gasteiger partial charge is 0.185 e. The summed E-state index contributed by atoms with van der Waals surface area (Å²) < 4.78 is 1.60. The zero-order valence-corrected chi connectivity index (χ0v) is 9.81. The summed E-state index contributed by atoms with van der Waals surface area (Å²) in [6.45, 7) is 6.02. The second-order valence-electron chi connectivity index (χ2n) is 4.41. The van der Waals surface area contributed by atoms with E-state index < -0.39 is 6.17 Å². The molecule has 1 fully saturated rings. The van der Waals surface area contributed by atoms with Crippen LogP contribution in [0.2, 0.25) is 0 Å². The summed E-state index contributed by atoms with van der Waals surface area (Å²) in [7, 11) is 0. The Morgan fingerprint density at radius 2 is 2.07 bits per heavy atom.